The summed E-state index contributed by atoms with van der Waals surface area (Å²) in [6.07, 6.45) is 5.67. The lowest BCUT2D eigenvalue weighted by Crippen LogP contribution is -2.22. The Bertz CT molecular complexity index is 394. The number of rotatable bonds is 7. The Morgan fingerprint density at radius 3 is 2.58 bits per heavy atom. The van der Waals surface area contributed by atoms with E-state index in [2.05, 4.69) is 36.7 Å². The van der Waals surface area contributed by atoms with Crippen LogP contribution in [0.15, 0.2) is 0 Å². The Morgan fingerprint density at radius 2 is 1.89 bits per heavy atom. The fourth-order valence-electron chi connectivity index (χ4n) is 2.03. The van der Waals surface area contributed by atoms with Crippen molar-refractivity contribution in [3.05, 3.63) is 0 Å². The molecule has 0 aliphatic carbocycles. The average Bonchev–Trinajstić information content (AvgIpc) is 2.97. The van der Waals surface area contributed by atoms with Crippen molar-refractivity contribution in [2.24, 2.45) is 0 Å². The monoisotopic (exact) mass is 282 g/mol. The summed E-state index contributed by atoms with van der Waals surface area (Å²) in [6.45, 7) is 2.98. The van der Waals surface area contributed by atoms with Gasteiger partial charge >= 0.3 is 0 Å². The Morgan fingerprint density at radius 1 is 1.16 bits per heavy atom. The molecule has 0 saturated carbocycles. The second kappa shape index (κ2) is 7.37. The van der Waals surface area contributed by atoms with E-state index in [0.717, 1.165) is 37.8 Å². The number of anilines is 3. The molecular formula is C12H22N6S. The van der Waals surface area contributed by atoms with Gasteiger partial charge in [-0.3, -0.25) is 0 Å². The van der Waals surface area contributed by atoms with E-state index >= 15 is 0 Å². The van der Waals surface area contributed by atoms with Gasteiger partial charge in [0.25, 0.3) is 0 Å². The first-order valence-electron chi connectivity index (χ1n) is 6.75. The van der Waals surface area contributed by atoms with Gasteiger partial charge in [-0.15, -0.1) is 0 Å². The maximum atomic E-state index is 4.51. The molecule has 1 fully saturated rings. The molecule has 6 nitrogen and oxygen atoms in total. The van der Waals surface area contributed by atoms with Crippen LogP contribution in [0.25, 0.3) is 0 Å². The predicted molar refractivity (Wildman–Crippen MR) is 82.3 cm³/mol. The zero-order chi connectivity index (χ0) is 13.5. The summed E-state index contributed by atoms with van der Waals surface area (Å²) in [4.78, 5) is 15.5. The van der Waals surface area contributed by atoms with Crippen LogP contribution in [-0.4, -0.2) is 53.6 Å². The van der Waals surface area contributed by atoms with Crippen molar-refractivity contribution < 1.29 is 0 Å². The Kier molecular flexibility index (Phi) is 5.50. The van der Waals surface area contributed by atoms with E-state index in [1.54, 1.807) is 0 Å². The van der Waals surface area contributed by atoms with Gasteiger partial charge in [-0.05, 0) is 31.3 Å². The van der Waals surface area contributed by atoms with Crippen LogP contribution < -0.4 is 15.5 Å². The van der Waals surface area contributed by atoms with Crippen LogP contribution in [0.2, 0.25) is 0 Å². The molecule has 1 aliphatic rings. The molecule has 7 heteroatoms. The van der Waals surface area contributed by atoms with Crippen molar-refractivity contribution >= 4 is 29.6 Å². The van der Waals surface area contributed by atoms with E-state index in [1.165, 1.54) is 12.8 Å². The van der Waals surface area contributed by atoms with Crippen LogP contribution in [0, 0.1) is 0 Å². The molecule has 1 aromatic rings. The zero-order valence-electron chi connectivity index (χ0n) is 11.6. The molecule has 1 aliphatic heterocycles. The van der Waals surface area contributed by atoms with Gasteiger partial charge in [-0.1, -0.05) is 0 Å². The maximum absolute atomic E-state index is 4.51. The summed E-state index contributed by atoms with van der Waals surface area (Å²) in [5.41, 5.74) is 0. The second-order valence-electron chi connectivity index (χ2n) is 4.50. The van der Waals surface area contributed by atoms with Crippen molar-refractivity contribution in [3.8, 4) is 0 Å². The first-order chi connectivity index (χ1) is 9.33. The minimum absolute atomic E-state index is 0.629. The van der Waals surface area contributed by atoms with Crippen molar-refractivity contribution in [1.82, 2.24) is 15.0 Å². The molecule has 0 aromatic carbocycles. The molecular weight excluding hydrogens is 260 g/mol. The molecule has 2 heterocycles. The van der Waals surface area contributed by atoms with Gasteiger partial charge < -0.3 is 15.5 Å². The highest BCUT2D eigenvalue weighted by Gasteiger charge is 2.16. The number of hydrogen-bond acceptors (Lipinski definition) is 7. The first-order valence-corrected chi connectivity index (χ1v) is 8.14. The van der Waals surface area contributed by atoms with Gasteiger partial charge in [-0.2, -0.15) is 26.7 Å². The number of nitrogens with zero attached hydrogens (tertiary/aromatic N) is 4. The van der Waals surface area contributed by atoms with Gasteiger partial charge in [-0.25, -0.2) is 0 Å². The fraction of sp³-hybridized carbons (Fsp3) is 0.750. The molecule has 1 saturated heterocycles. The summed E-state index contributed by atoms with van der Waals surface area (Å²) < 4.78 is 0. The highest BCUT2D eigenvalue weighted by Crippen LogP contribution is 2.18. The Hall–Kier alpha value is -1.24. The Labute approximate surface area is 118 Å². The molecule has 0 amide bonds. The van der Waals surface area contributed by atoms with E-state index in [9.17, 15) is 0 Å². The number of nitrogens with one attached hydrogen (secondary N) is 2. The van der Waals surface area contributed by atoms with Gasteiger partial charge in [0.15, 0.2) is 0 Å². The predicted octanol–water partition coefficient (Wildman–Crippen LogP) is 1.68. The quantitative estimate of drug-likeness (QED) is 0.738. The summed E-state index contributed by atoms with van der Waals surface area (Å²) in [5.74, 6) is 3.23. The lowest BCUT2D eigenvalue weighted by atomic mass is 10.4. The van der Waals surface area contributed by atoms with Crippen LogP contribution in [-0.2, 0) is 0 Å². The third-order valence-corrected chi connectivity index (χ3v) is 3.74. The lowest BCUT2D eigenvalue weighted by molar-refractivity contribution is 0.873. The number of thioether (sulfide) groups is 1. The van der Waals surface area contributed by atoms with E-state index < -0.39 is 0 Å². The molecule has 19 heavy (non-hydrogen) atoms. The third-order valence-electron chi connectivity index (χ3n) is 3.04. The maximum Gasteiger partial charge on any atom is 0.231 e. The minimum Gasteiger partial charge on any atom is -0.357 e. The number of aromatic nitrogens is 3. The molecule has 0 bridgehead atoms. The van der Waals surface area contributed by atoms with E-state index in [0.29, 0.717) is 11.9 Å². The standard InChI is InChI=1S/C12H22N6S/c1-13-10-15-11(14-6-5-9-19-2)17-12(16-10)18-7-3-4-8-18/h3-9H2,1-2H3,(H2,13,14,15,16,17). The summed E-state index contributed by atoms with van der Waals surface area (Å²) in [6, 6.07) is 0. The Balaban J connectivity index is 2.02. The lowest BCUT2D eigenvalue weighted by Gasteiger charge is -2.16. The van der Waals surface area contributed by atoms with Crippen molar-refractivity contribution in [3.63, 3.8) is 0 Å². The van der Waals surface area contributed by atoms with Crippen molar-refractivity contribution in [2.75, 3.05) is 54.2 Å². The largest absolute Gasteiger partial charge is 0.357 e. The van der Waals surface area contributed by atoms with Gasteiger partial charge in [0, 0.05) is 26.7 Å². The SMILES string of the molecule is CNc1nc(NCCCSC)nc(N2CCCC2)n1. The fourth-order valence-corrected chi connectivity index (χ4v) is 2.46. The minimum atomic E-state index is 0.629. The molecule has 1 aromatic heterocycles. The van der Waals surface area contributed by atoms with Crippen LogP contribution in [0.5, 0.6) is 0 Å². The smallest absolute Gasteiger partial charge is 0.231 e. The normalized spacial score (nSPS) is 14.7. The summed E-state index contributed by atoms with van der Waals surface area (Å²) in [5, 5.41) is 6.28. The molecule has 0 spiro atoms. The van der Waals surface area contributed by atoms with Crippen molar-refractivity contribution in [1.29, 1.82) is 0 Å². The van der Waals surface area contributed by atoms with Crippen LogP contribution in [0.3, 0.4) is 0 Å². The number of hydrogen-bond donors (Lipinski definition) is 2. The molecule has 0 radical (unpaired) electrons. The van der Waals surface area contributed by atoms with Gasteiger partial charge in [0.1, 0.15) is 0 Å². The highest BCUT2D eigenvalue weighted by molar-refractivity contribution is 7.98. The highest BCUT2D eigenvalue weighted by atomic mass is 32.2. The van der Waals surface area contributed by atoms with Crippen LogP contribution in [0.4, 0.5) is 17.8 Å². The molecule has 0 unspecified atom stereocenters. The molecule has 106 valence electrons. The summed E-state index contributed by atoms with van der Waals surface area (Å²) in [7, 11) is 1.83. The molecule has 2 rings (SSSR count). The first kappa shape index (κ1) is 14.2. The van der Waals surface area contributed by atoms with Gasteiger partial charge in [0.05, 0.1) is 0 Å². The van der Waals surface area contributed by atoms with Crippen molar-refractivity contribution in [2.45, 2.75) is 19.3 Å². The van der Waals surface area contributed by atoms with E-state index in [-0.39, 0.29) is 0 Å². The zero-order valence-corrected chi connectivity index (χ0v) is 12.5. The van der Waals surface area contributed by atoms with Crippen LogP contribution in [0.1, 0.15) is 19.3 Å². The summed E-state index contributed by atoms with van der Waals surface area (Å²) >= 11 is 1.85. The second-order valence-corrected chi connectivity index (χ2v) is 5.49. The molecule has 2 N–H and O–H groups in total. The molecule has 0 atom stereocenters. The van der Waals surface area contributed by atoms with E-state index in [1.807, 2.05) is 18.8 Å². The van der Waals surface area contributed by atoms with E-state index in [4.69, 9.17) is 0 Å². The average molecular weight is 282 g/mol. The van der Waals surface area contributed by atoms with Gasteiger partial charge in [0.2, 0.25) is 17.8 Å². The van der Waals surface area contributed by atoms with Crippen LogP contribution >= 0.6 is 11.8 Å². The topological polar surface area (TPSA) is 66.0 Å². The third kappa shape index (κ3) is 4.12.